The van der Waals surface area contributed by atoms with Gasteiger partial charge in [-0.25, -0.2) is 9.97 Å². The van der Waals surface area contributed by atoms with E-state index in [2.05, 4.69) is 15.0 Å². The summed E-state index contributed by atoms with van der Waals surface area (Å²) in [6, 6.07) is 7.70. The van der Waals surface area contributed by atoms with E-state index in [1.807, 2.05) is 39.9 Å². The minimum Gasteiger partial charge on any atom is -0.510 e. The third-order valence-corrected chi connectivity index (χ3v) is 4.21. The lowest BCUT2D eigenvalue weighted by molar-refractivity contribution is 0.343. The third kappa shape index (κ3) is 2.54. The van der Waals surface area contributed by atoms with Gasteiger partial charge in [0.25, 0.3) is 0 Å². The summed E-state index contributed by atoms with van der Waals surface area (Å²) >= 11 is 0. The molecule has 1 aliphatic heterocycles. The maximum atomic E-state index is 10.3. The molecule has 3 heterocycles. The van der Waals surface area contributed by atoms with Crippen molar-refractivity contribution in [3.8, 4) is 0 Å². The molecule has 3 N–H and O–H groups in total. The number of fused-ring (bicyclic) bond motifs is 1. The van der Waals surface area contributed by atoms with Crippen molar-refractivity contribution < 1.29 is 5.11 Å². The second-order valence-corrected chi connectivity index (χ2v) is 5.85. The zero-order valence-corrected chi connectivity index (χ0v) is 13.1. The molecule has 4 rings (SSSR count). The molecular weight excluding hydrogens is 304 g/mol. The molecule has 7 heteroatoms. The zero-order valence-electron chi connectivity index (χ0n) is 13.1. The van der Waals surface area contributed by atoms with E-state index in [1.54, 1.807) is 12.5 Å². The molecule has 24 heavy (non-hydrogen) atoms. The predicted octanol–water partition coefficient (Wildman–Crippen LogP) is 2.41. The van der Waals surface area contributed by atoms with E-state index in [-0.39, 0.29) is 5.76 Å². The molecule has 2 aromatic heterocycles. The van der Waals surface area contributed by atoms with Crippen molar-refractivity contribution in [3.63, 3.8) is 0 Å². The highest BCUT2D eigenvalue weighted by Gasteiger charge is 2.29. The van der Waals surface area contributed by atoms with Crippen LogP contribution in [0.2, 0.25) is 0 Å². The van der Waals surface area contributed by atoms with Gasteiger partial charge in [0.05, 0.1) is 29.5 Å². The molecule has 0 amide bonds. The number of hydrogen-bond donors (Lipinski definition) is 3. The van der Waals surface area contributed by atoms with Crippen molar-refractivity contribution in [1.29, 1.82) is 5.41 Å². The molecule has 0 atom stereocenters. The summed E-state index contributed by atoms with van der Waals surface area (Å²) in [5.74, 6) is 1.06. The average molecular weight is 322 g/mol. The SMILES string of the molecule is N=C1C(c2nc3ccccc3[nH]2)=C(O)CN1CCCn1ccnc1. The van der Waals surface area contributed by atoms with Crippen LogP contribution in [0.4, 0.5) is 0 Å². The highest BCUT2D eigenvalue weighted by atomic mass is 16.3. The van der Waals surface area contributed by atoms with Gasteiger partial charge in [0.1, 0.15) is 17.4 Å². The first-order valence-electron chi connectivity index (χ1n) is 7.89. The van der Waals surface area contributed by atoms with Gasteiger partial charge in [-0.05, 0) is 18.6 Å². The van der Waals surface area contributed by atoms with Crippen LogP contribution in [-0.4, -0.2) is 48.5 Å². The smallest absolute Gasteiger partial charge is 0.145 e. The molecule has 0 spiro atoms. The molecule has 1 aliphatic rings. The van der Waals surface area contributed by atoms with Gasteiger partial charge in [-0.3, -0.25) is 5.41 Å². The Morgan fingerprint density at radius 2 is 2.12 bits per heavy atom. The number of aromatic amines is 1. The normalized spacial score (nSPS) is 15.0. The van der Waals surface area contributed by atoms with Gasteiger partial charge in [-0.15, -0.1) is 0 Å². The second kappa shape index (κ2) is 5.84. The molecule has 1 aromatic carbocycles. The van der Waals surface area contributed by atoms with Gasteiger partial charge < -0.3 is 19.6 Å². The Hall–Kier alpha value is -3.09. The second-order valence-electron chi connectivity index (χ2n) is 5.85. The number of hydrogen-bond acceptors (Lipinski definition) is 4. The van der Waals surface area contributed by atoms with E-state index in [4.69, 9.17) is 5.41 Å². The van der Waals surface area contributed by atoms with E-state index in [1.165, 1.54) is 0 Å². The number of aromatic nitrogens is 4. The fourth-order valence-corrected chi connectivity index (χ4v) is 3.01. The van der Waals surface area contributed by atoms with E-state index >= 15 is 0 Å². The van der Waals surface area contributed by atoms with Crippen LogP contribution in [0.1, 0.15) is 12.2 Å². The standard InChI is InChI=1S/C17H18N6O/c18-16-15(17-20-12-4-1-2-5-13(12)21-17)14(24)10-23(16)8-3-7-22-9-6-19-11-22/h1-2,4-6,9,11,18,24H,3,7-8,10H2,(H,20,21). The van der Waals surface area contributed by atoms with Crippen LogP contribution in [0.25, 0.3) is 16.6 Å². The van der Waals surface area contributed by atoms with Gasteiger partial charge in [0.15, 0.2) is 0 Å². The Balaban J connectivity index is 1.48. The van der Waals surface area contributed by atoms with Gasteiger partial charge in [-0.2, -0.15) is 0 Å². The number of aliphatic hydroxyl groups excluding tert-OH is 1. The van der Waals surface area contributed by atoms with E-state index in [9.17, 15) is 5.11 Å². The maximum absolute atomic E-state index is 10.3. The summed E-state index contributed by atoms with van der Waals surface area (Å²) in [4.78, 5) is 13.6. The minimum atomic E-state index is 0.196. The fraction of sp³-hybridized carbons (Fsp3) is 0.235. The number of para-hydroxylation sites is 2. The quantitative estimate of drug-likeness (QED) is 0.672. The van der Waals surface area contributed by atoms with Gasteiger partial charge >= 0.3 is 0 Å². The molecule has 0 fully saturated rings. The number of aliphatic hydroxyl groups is 1. The molecular formula is C17H18N6O. The topological polar surface area (TPSA) is 93.8 Å². The Labute approximate surface area is 138 Å². The number of aryl methyl sites for hydroxylation is 1. The summed E-state index contributed by atoms with van der Waals surface area (Å²) in [5.41, 5.74) is 2.23. The number of H-pyrrole nitrogens is 1. The average Bonchev–Trinajstić information content (AvgIpc) is 3.27. The molecule has 0 saturated heterocycles. The molecule has 0 aliphatic carbocycles. The van der Waals surface area contributed by atoms with Crippen LogP contribution in [-0.2, 0) is 6.54 Å². The highest BCUT2D eigenvalue weighted by Crippen LogP contribution is 2.27. The van der Waals surface area contributed by atoms with Crippen molar-refractivity contribution in [3.05, 3.63) is 54.6 Å². The monoisotopic (exact) mass is 322 g/mol. The Bertz CT molecular complexity index is 875. The number of amidine groups is 1. The van der Waals surface area contributed by atoms with E-state index in [0.717, 1.165) is 24.0 Å². The largest absolute Gasteiger partial charge is 0.510 e. The summed E-state index contributed by atoms with van der Waals surface area (Å²) in [5, 5.41) is 18.7. The first-order valence-corrected chi connectivity index (χ1v) is 7.89. The number of nitrogens with zero attached hydrogens (tertiary/aromatic N) is 4. The lowest BCUT2D eigenvalue weighted by Gasteiger charge is -2.18. The van der Waals surface area contributed by atoms with E-state index in [0.29, 0.717) is 30.3 Å². The number of benzene rings is 1. The van der Waals surface area contributed by atoms with Crippen molar-refractivity contribution in [1.82, 2.24) is 24.4 Å². The summed E-state index contributed by atoms with van der Waals surface area (Å²) in [7, 11) is 0. The molecule has 7 nitrogen and oxygen atoms in total. The number of imidazole rings is 2. The van der Waals surface area contributed by atoms with Crippen molar-refractivity contribution in [2.24, 2.45) is 0 Å². The molecule has 0 bridgehead atoms. The summed E-state index contributed by atoms with van der Waals surface area (Å²) < 4.78 is 2.01. The number of rotatable bonds is 5. The lowest BCUT2D eigenvalue weighted by atomic mass is 10.2. The Morgan fingerprint density at radius 3 is 2.92 bits per heavy atom. The molecule has 0 unspecified atom stereocenters. The summed E-state index contributed by atoms with van der Waals surface area (Å²) in [6.45, 7) is 1.89. The minimum absolute atomic E-state index is 0.196. The van der Waals surface area contributed by atoms with Crippen molar-refractivity contribution in [2.75, 3.05) is 13.1 Å². The van der Waals surface area contributed by atoms with Crippen LogP contribution in [0.15, 0.2) is 48.7 Å². The summed E-state index contributed by atoms with van der Waals surface area (Å²) in [6.07, 6.45) is 6.33. The first kappa shape index (κ1) is 14.5. The number of nitrogens with one attached hydrogen (secondary N) is 2. The van der Waals surface area contributed by atoms with Crippen molar-refractivity contribution >= 4 is 22.4 Å². The third-order valence-electron chi connectivity index (χ3n) is 4.21. The van der Waals surface area contributed by atoms with E-state index < -0.39 is 0 Å². The van der Waals surface area contributed by atoms with Gasteiger partial charge in [0.2, 0.25) is 0 Å². The van der Waals surface area contributed by atoms with Crippen molar-refractivity contribution in [2.45, 2.75) is 13.0 Å². The highest BCUT2D eigenvalue weighted by molar-refractivity contribution is 6.23. The van der Waals surface area contributed by atoms with Crippen LogP contribution in [0.3, 0.4) is 0 Å². The van der Waals surface area contributed by atoms with Crippen LogP contribution in [0.5, 0.6) is 0 Å². The van der Waals surface area contributed by atoms with Gasteiger partial charge in [0, 0.05) is 25.5 Å². The molecule has 3 aromatic rings. The van der Waals surface area contributed by atoms with Crippen LogP contribution >= 0.6 is 0 Å². The van der Waals surface area contributed by atoms with Crippen LogP contribution in [0, 0.1) is 5.41 Å². The first-order chi connectivity index (χ1) is 11.7. The lowest BCUT2D eigenvalue weighted by Crippen LogP contribution is -2.28. The fourth-order valence-electron chi connectivity index (χ4n) is 3.01. The molecule has 0 saturated carbocycles. The van der Waals surface area contributed by atoms with Crippen LogP contribution < -0.4 is 0 Å². The Kier molecular flexibility index (Phi) is 3.53. The molecule has 0 radical (unpaired) electrons. The Morgan fingerprint density at radius 1 is 1.25 bits per heavy atom. The molecule has 122 valence electrons. The maximum Gasteiger partial charge on any atom is 0.145 e. The predicted molar refractivity (Wildman–Crippen MR) is 91.8 cm³/mol. The van der Waals surface area contributed by atoms with Gasteiger partial charge in [-0.1, -0.05) is 12.1 Å². The zero-order chi connectivity index (χ0) is 16.5.